The highest BCUT2D eigenvalue weighted by atomic mass is 35.5. The molecule has 9 nitrogen and oxygen atoms in total. The van der Waals surface area contributed by atoms with Gasteiger partial charge in [0.25, 0.3) is 0 Å². The number of anilines is 1. The second kappa shape index (κ2) is 12.1. The summed E-state index contributed by atoms with van der Waals surface area (Å²) in [7, 11) is 1.85. The molecule has 2 aliphatic heterocycles. The van der Waals surface area contributed by atoms with Gasteiger partial charge < -0.3 is 14.5 Å². The number of aromatic nitrogens is 4. The molecule has 3 fully saturated rings. The lowest BCUT2D eigenvalue weighted by Gasteiger charge is -2.44. The van der Waals surface area contributed by atoms with Crippen molar-refractivity contribution < 1.29 is 13.9 Å². The quantitative estimate of drug-likeness (QED) is 0.213. The van der Waals surface area contributed by atoms with Crippen LogP contribution in [0.15, 0.2) is 37.1 Å². The first-order valence-electron chi connectivity index (χ1n) is 16.3. The third-order valence-electron chi connectivity index (χ3n) is 10.0. The highest BCUT2D eigenvalue weighted by Gasteiger charge is 2.35. The SMILES string of the molecule is C=CC(=O)N1C[C@H](C)N(c2nc(OCC3CCCN3CC3CC3)nc3c(F)c(-c4c(C)ccc5cnn(C)c45)c(Cl)cc23)C[C@H]1C. The fourth-order valence-electron chi connectivity index (χ4n) is 7.33. The van der Waals surface area contributed by atoms with Crippen LogP contribution in [0.5, 0.6) is 6.01 Å². The standard InChI is InChI=1S/C35H41ClFN7O2/c1-6-28(45)43-16-22(4)44(17-21(43)3)34-26-14-27(36)30(29-20(2)9-12-24-15-38-41(5)33(24)29)31(37)32(26)39-35(40-34)46-19-25-8-7-13-42(25)18-23-10-11-23/h6,9,12,14-15,21-23,25H,1,7-8,10-11,13,16-19H2,2-5H3/t21-,22+,25?/m1/s1. The zero-order valence-electron chi connectivity index (χ0n) is 27.0. The molecule has 0 spiro atoms. The number of hydrogen-bond acceptors (Lipinski definition) is 7. The second-order valence-electron chi connectivity index (χ2n) is 13.3. The molecule has 0 radical (unpaired) electrons. The van der Waals surface area contributed by atoms with Gasteiger partial charge in [-0.05, 0) is 76.6 Å². The first-order valence-corrected chi connectivity index (χ1v) is 16.7. The number of carbonyl (C=O) groups excluding carboxylic acids is 1. The van der Waals surface area contributed by atoms with Gasteiger partial charge >= 0.3 is 6.01 Å². The molecule has 4 heterocycles. The van der Waals surface area contributed by atoms with Crippen LogP contribution < -0.4 is 9.64 Å². The smallest absolute Gasteiger partial charge is 0.319 e. The predicted molar refractivity (Wildman–Crippen MR) is 180 cm³/mol. The third kappa shape index (κ3) is 5.49. The minimum absolute atomic E-state index is 0.109. The van der Waals surface area contributed by atoms with E-state index in [1.165, 1.54) is 18.9 Å². The normalized spacial score (nSPS) is 22.3. The minimum Gasteiger partial charge on any atom is -0.462 e. The molecule has 46 heavy (non-hydrogen) atoms. The Morgan fingerprint density at radius 1 is 1.15 bits per heavy atom. The minimum atomic E-state index is -0.523. The van der Waals surface area contributed by atoms with Crippen LogP contribution in [0.1, 0.15) is 45.1 Å². The Kier molecular flexibility index (Phi) is 8.13. The van der Waals surface area contributed by atoms with Crippen LogP contribution in [-0.2, 0) is 11.8 Å². The molecule has 1 saturated carbocycles. The van der Waals surface area contributed by atoms with Crippen molar-refractivity contribution in [2.24, 2.45) is 13.0 Å². The average molecular weight is 646 g/mol. The van der Waals surface area contributed by atoms with E-state index in [4.69, 9.17) is 26.3 Å². The number of fused-ring (bicyclic) bond motifs is 2. The van der Waals surface area contributed by atoms with Crippen LogP contribution in [0.25, 0.3) is 32.9 Å². The molecular weight excluding hydrogens is 605 g/mol. The third-order valence-corrected chi connectivity index (χ3v) is 10.3. The van der Waals surface area contributed by atoms with E-state index in [2.05, 4.69) is 21.5 Å². The van der Waals surface area contributed by atoms with Crippen molar-refractivity contribution in [3.05, 3.63) is 53.5 Å². The maximum Gasteiger partial charge on any atom is 0.319 e. The fourth-order valence-corrected chi connectivity index (χ4v) is 7.62. The number of carbonyl (C=O) groups is 1. The van der Waals surface area contributed by atoms with Gasteiger partial charge in [0.15, 0.2) is 5.82 Å². The number of piperazine rings is 1. The molecule has 3 aliphatic rings. The predicted octanol–water partition coefficient (Wildman–Crippen LogP) is 6.15. The van der Waals surface area contributed by atoms with E-state index in [1.807, 2.05) is 44.9 Å². The van der Waals surface area contributed by atoms with Crippen LogP contribution in [0.4, 0.5) is 10.2 Å². The zero-order chi connectivity index (χ0) is 32.3. The first-order chi connectivity index (χ1) is 22.1. The zero-order valence-corrected chi connectivity index (χ0v) is 27.7. The summed E-state index contributed by atoms with van der Waals surface area (Å²) in [4.78, 5) is 28.7. The molecular formula is C35H41ClFN7O2. The number of ether oxygens (including phenoxy) is 1. The van der Waals surface area contributed by atoms with E-state index < -0.39 is 5.82 Å². The van der Waals surface area contributed by atoms with Crippen LogP contribution in [0.2, 0.25) is 5.02 Å². The maximum absolute atomic E-state index is 17.1. The first kappa shape index (κ1) is 30.9. The molecule has 0 bridgehead atoms. The van der Waals surface area contributed by atoms with E-state index >= 15 is 4.39 Å². The van der Waals surface area contributed by atoms with Gasteiger partial charge in [-0.3, -0.25) is 14.4 Å². The largest absolute Gasteiger partial charge is 0.462 e. The van der Waals surface area contributed by atoms with E-state index in [0.29, 0.717) is 36.5 Å². The Morgan fingerprint density at radius 2 is 1.96 bits per heavy atom. The topological polar surface area (TPSA) is 79.6 Å². The van der Waals surface area contributed by atoms with Gasteiger partial charge in [-0.2, -0.15) is 15.1 Å². The highest BCUT2D eigenvalue weighted by Crippen LogP contribution is 2.43. The van der Waals surface area contributed by atoms with Gasteiger partial charge in [0.2, 0.25) is 5.91 Å². The van der Waals surface area contributed by atoms with Crippen LogP contribution in [0.3, 0.4) is 0 Å². The number of aryl methyl sites for hydroxylation is 2. The monoisotopic (exact) mass is 645 g/mol. The summed E-state index contributed by atoms with van der Waals surface area (Å²) >= 11 is 7.00. The van der Waals surface area contributed by atoms with Gasteiger partial charge in [0.05, 0.1) is 16.7 Å². The highest BCUT2D eigenvalue weighted by molar-refractivity contribution is 6.35. The lowest BCUT2D eigenvalue weighted by molar-refractivity contribution is -0.128. The Balaban J connectivity index is 1.34. The van der Waals surface area contributed by atoms with Crippen LogP contribution >= 0.6 is 11.6 Å². The fraction of sp³-hybridized carbons (Fsp3) is 0.486. The summed E-state index contributed by atoms with van der Waals surface area (Å²) in [5, 5.41) is 6.09. The molecule has 2 saturated heterocycles. The van der Waals surface area contributed by atoms with Crippen molar-refractivity contribution in [2.75, 3.05) is 37.7 Å². The molecule has 242 valence electrons. The lowest BCUT2D eigenvalue weighted by Crippen LogP contribution is -2.58. The van der Waals surface area contributed by atoms with Gasteiger partial charge in [-0.25, -0.2) is 4.39 Å². The van der Waals surface area contributed by atoms with Crippen molar-refractivity contribution in [1.82, 2.24) is 29.5 Å². The Bertz CT molecular complexity index is 1840. The summed E-state index contributed by atoms with van der Waals surface area (Å²) in [6.45, 7) is 13.3. The van der Waals surface area contributed by atoms with Crippen molar-refractivity contribution in [3.8, 4) is 17.1 Å². The van der Waals surface area contributed by atoms with Crippen molar-refractivity contribution in [3.63, 3.8) is 0 Å². The molecule has 7 rings (SSSR count). The molecule has 1 aliphatic carbocycles. The number of hydrogen-bond donors (Lipinski definition) is 0. The van der Waals surface area contributed by atoms with Gasteiger partial charge in [-0.15, -0.1) is 0 Å². The van der Waals surface area contributed by atoms with Gasteiger partial charge in [0, 0.05) is 66.7 Å². The lowest BCUT2D eigenvalue weighted by atomic mass is 9.96. The number of amides is 1. The molecule has 3 atom stereocenters. The Morgan fingerprint density at radius 3 is 2.72 bits per heavy atom. The Hall–Kier alpha value is -3.76. The molecule has 11 heteroatoms. The summed E-state index contributed by atoms with van der Waals surface area (Å²) in [5.74, 6) is 0.712. The van der Waals surface area contributed by atoms with Crippen LogP contribution in [0, 0.1) is 18.7 Å². The van der Waals surface area contributed by atoms with E-state index in [9.17, 15) is 4.79 Å². The summed E-state index contributed by atoms with van der Waals surface area (Å²) in [6.07, 6.45) is 7.93. The maximum atomic E-state index is 17.1. The average Bonchev–Trinajstić information content (AvgIpc) is 3.62. The number of rotatable bonds is 8. The summed E-state index contributed by atoms with van der Waals surface area (Å²) in [5.41, 5.74) is 2.80. The molecule has 2 aromatic heterocycles. The van der Waals surface area contributed by atoms with E-state index in [0.717, 1.165) is 48.3 Å². The Labute approximate surface area is 274 Å². The summed E-state index contributed by atoms with van der Waals surface area (Å²) < 4.78 is 25.2. The molecule has 1 unspecified atom stereocenters. The molecule has 2 aromatic carbocycles. The number of benzene rings is 2. The van der Waals surface area contributed by atoms with Crippen molar-refractivity contribution in [2.45, 2.75) is 64.6 Å². The van der Waals surface area contributed by atoms with E-state index in [-0.39, 0.29) is 46.1 Å². The van der Waals surface area contributed by atoms with Crippen LogP contribution in [-0.4, -0.2) is 86.4 Å². The molecule has 4 aromatic rings. The molecule has 1 amide bonds. The number of likely N-dealkylation sites (tertiary alicyclic amines) is 1. The van der Waals surface area contributed by atoms with Gasteiger partial charge in [0.1, 0.15) is 17.9 Å². The van der Waals surface area contributed by atoms with Crippen molar-refractivity contribution >= 4 is 45.1 Å². The summed E-state index contributed by atoms with van der Waals surface area (Å²) in [6, 6.07) is 5.92. The molecule has 0 N–H and O–H groups in total. The van der Waals surface area contributed by atoms with Crippen molar-refractivity contribution in [1.29, 1.82) is 0 Å². The second-order valence-corrected chi connectivity index (χ2v) is 13.7. The number of halogens is 2. The van der Waals surface area contributed by atoms with E-state index in [1.54, 1.807) is 16.9 Å². The van der Waals surface area contributed by atoms with Gasteiger partial charge in [-0.1, -0.05) is 30.3 Å². The number of nitrogens with zero attached hydrogens (tertiary/aromatic N) is 7.